The summed E-state index contributed by atoms with van der Waals surface area (Å²) >= 11 is 0. The molecule has 2 N–H and O–H groups in total. The maximum Gasteiger partial charge on any atom is 0.234 e. The van der Waals surface area contributed by atoms with Gasteiger partial charge in [0, 0.05) is 25.3 Å². The number of nitrogens with zero attached hydrogens (tertiary/aromatic N) is 1. The van der Waals surface area contributed by atoms with E-state index in [1.165, 1.54) is 0 Å². The molecule has 0 aliphatic carbocycles. The standard InChI is InChI=1S/C15H22N2O2/c1-11(2)15(7-8-16-10-15)14(19)17(3)12-5-4-6-13(18)9-12/h4-6,9,11,16,18H,7-8,10H2,1-3H3. The number of benzene rings is 1. The molecule has 104 valence electrons. The number of phenols is 1. The van der Waals surface area contributed by atoms with Crippen LogP contribution in [0.25, 0.3) is 0 Å². The summed E-state index contributed by atoms with van der Waals surface area (Å²) < 4.78 is 0. The van der Waals surface area contributed by atoms with Crippen LogP contribution in [0.15, 0.2) is 24.3 Å². The maximum absolute atomic E-state index is 12.8. The normalized spacial score (nSPS) is 22.7. The molecule has 1 aromatic rings. The number of hydrogen-bond donors (Lipinski definition) is 2. The first-order valence-corrected chi connectivity index (χ1v) is 6.75. The zero-order valence-electron chi connectivity index (χ0n) is 11.8. The van der Waals surface area contributed by atoms with Gasteiger partial charge in [0.05, 0.1) is 5.41 Å². The number of aromatic hydroxyl groups is 1. The van der Waals surface area contributed by atoms with Crippen molar-refractivity contribution in [2.24, 2.45) is 11.3 Å². The molecule has 1 atom stereocenters. The Kier molecular flexibility index (Phi) is 3.80. The Morgan fingerprint density at radius 1 is 1.47 bits per heavy atom. The SMILES string of the molecule is CC(C)C1(C(=O)N(C)c2cccc(O)c2)CCNC1. The minimum Gasteiger partial charge on any atom is -0.508 e. The molecule has 1 aliphatic rings. The number of anilines is 1. The van der Waals surface area contributed by atoms with Crippen LogP contribution in [0, 0.1) is 11.3 Å². The number of amides is 1. The smallest absolute Gasteiger partial charge is 0.234 e. The number of rotatable bonds is 3. The van der Waals surface area contributed by atoms with Crippen LogP contribution in [0.4, 0.5) is 5.69 Å². The van der Waals surface area contributed by atoms with E-state index in [1.54, 1.807) is 30.1 Å². The summed E-state index contributed by atoms with van der Waals surface area (Å²) in [7, 11) is 1.78. The first kappa shape index (κ1) is 13.9. The highest BCUT2D eigenvalue weighted by Crippen LogP contribution is 2.37. The molecule has 0 saturated carbocycles. The van der Waals surface area contributed by atoms with E-state index in [1.807, 2.05) is 6.07 Å². The molecular weight excluding hydrogens is 240 g/mol. The summed E-state index contributed by atoms with van der Waals surface area (Å²) in [5.74, 6) is 0.591. The molecule has 1 saturated heterocycles. The van der Waals surface area contributed by atoms with Crippen molar-refractivity contribution in [2.45, 2.75) is 20.3 Å². The van der Waals surface area contributed by atoms with Crippen molar-refractivity contribution in [3.63, 3.8) is 0 Å². The van der Waals surface area contributed by atoms with Crippen LogP contribution in [-0.4, -0.2) is 31.2 Å². The van der Waals surface area contributed by atoms with Crippen LogP contribution in [0.3, 0.4) is 0 Å². The fourth-order valence-electron chi connectivity index (χ4n) is 2.79. The number of carbonyl (C=O) groups excluding carboxylic acids is 1. The predicted molar refractivity (Wildman–Crippen MR) is 76.3 cm³/mol. The molecule has 4 nitrogen and oxygen atoms in total. The molecule has 2 rings (SSSR count). The van der Waals surface area contributed by atoms with Gasteiger partial charge in [-0.1, -0.05) is 19.9 Å². The van der Waals surface area contributed by atoms with Gasteiger partial charge in [0.25, 0.3) is 0 Å². The maximum atomic E-state index is 12.8. The zero-order valence-corrected chi connectivity index (χ0v) is 11.8. The van der Waals surface area contributed by atoms with Gasteiger partial charge < -0.3 is 15.3 Å². The molecule has 0 spiro atoms. The minimum absolute atomic E-state index is 0.123. The first-order valence-electron chi connectivity index (χ1n) is 6.75. The van der Waals surface area contributed by atoms with Crippen molar-refractivity contribution < 1.29 is 9.90 Å². The Bertz CT molecular complexity index is 465. The summed E-state index contributed by atoms with van der Waals surface area (Å²) in [6.07, 6.45) is 0.868. The quantitative estimate of drug-likeness (QED) is 0.876. The van der Waals surface area contributed by atoms with Crippen LogP contribution in [-0.2, 0) is 4.79 Å². The van der Waals surface area contributed by atoms with E-state index in [0.29, 0.717) is 0 Å². The zero-order chi connectivity index (χ0) is 14.0. The number of carbonyl (C=O) groups is 1. The summed E-state index contributed by atoms with van der Waals surface area (Å²) in [6, 6.07) is 6.82. The van der Waals surface area contributed by atoms with Gasteiger partial charge in [0.2, 0.25) is 5.91 Å². The van der Waals surface area contributed by atoms with Crippen molar-refractivity contribution in [3.8, 4) is 5.75 Å². The molecule has 1 aliphatic heterocycles. The van der Waals surface area contributed by atoms with Gasteiger partial charge in [0.1, 0.15) is 5.75 Å². The summed E-state index contributed by atoms with van der Waals surface area (Å²) in [5, 5.41) is 12.8. The van der Waals surface area contributed by atoms with E-state index in [2.05, 4.69) is 19.2 Å². The average Bonchev–Trinajstić information content (AvgIpc) is 2.87. The Hall–Kier alpha value is -1.55. The molecule has 0 radical (unpaired) electrons. The summed E-state index contributed by atoms with van der Waals surface area (Å²) in [4.78, 5) is 14.5. The molecule has 1 amide bonds. The van der Waals surface area contributed by atoms with Gasteiger partial charge in [0.15, 0.2) is 0 Å². The largest absolute Gasteiger partial charge is 0.508 e. The van der Waals surface area contributed by atoms with E-state index in [0.717, 1.165) is 25.2 Å². The fraction of sp³-hybridized carbons (Fsp3) is 0.533. The van der Waals surface area contributed by atoms with Gasteiger partial charge >= 0.3 is 0 Å². The molecule has 0 bridgehead atoms. The third-order valence-corrected chi connectivity index (χ3v) is 4.24. The lowest BCUT2D eigenvalue weighted by atomic mass is 9.75. The second-order valence-corrected chi connectivity index (χ2v) is 5.62. The highest BCUT2D eigenvalue weighted by molar-refractivity contribution is 5.97. The molecule has 0 aromatic heterocycles. The molecule has 1 fully saturated rings. The van der Waals surface area contributed by atoms with Gasteiger partial charge in [-0.25, -0.2) is 0 Å². The third-order valence-electron chi connectivity index (χ3n) is 4.24. The monoisotopic (exact) mass is 262 g/mol. The lowest BCUT2D eigenvalue weighted by Gasteiger charge is -2.35. The topological polar surface area (TPSA) is 52.6 Å². The predicted octanol–water partition coefficient (Wildman–Crippen LogP) is 1.99. The van der Waals surface area contributed by atoms with Crippen LogP contribution < -0.4 is 10.2 Å². The lowest BCUT2D eigenvalue weighted by molar-refractivity contribution is -0.129. The van der Waals surface area contributed by atoms with Gasteiger partial charge in [-0.3, -0.25) is 4.79 Å². The molecule has 1 aromatic carbocycles. The minimum atomic E-state index is -0.333. The van der Waals surface area contributed by atoms with Gasteiger partial charge in [-0.15, -0.1) is 0 Å². The fourth-order valence-corrected chi connectivity index (χ4v) is 2.79. The number of hydrogen-bond acceptors (Lipinski definition) is 3. The Labute approximate surface area is 114 Å². The van der Waals surface area contributed by atoms with E-state index in [4.69, 9.17) is 0 Å². The van der Waals surface area contributed by atoms with Crippen LogP contribution in [0.2, 0.25) is 0 Å². The third kappa shape index (κ3) is 2.45. The second-order valence-electron chi connectivity index (χ2n) is 5.62. The van der Waals surface area contributed by atoms with Crippen molar-refractivity contribution in [3.05, 3.63) is 24.3 Å². The Morgan fingerprint density at radius 2 is 2.21 bits per heavy atom. The van der Waals surface area contributed by atoms with E-state index in [-0.39, 0.29) is 23.0 Å². The van der Waals surface area contributed by atoms with Crippen LogP contribution in [0.5, 0.6) is 5.75 Å². The highest BCUT2D eigenvalue weighted by atomic mass is 16.3. The highest BCUT2D eigenvalue weighted by Gasteiger charge is 2.45. The van der Waals surface area contributed by atoms with Crippen LogP contribution >= 0.6 is 0 Å². The Balaban J connectivity index is 2.27. The van der Waals surface area contributed by atoms with Crippen molar-refractivity contribution >= 4 is 11.6 Å². The number of phenolic OH excluding ortho intramolecular Hbond substituents is 1. The Morgan fingerprint density at radius 3 is 2.74 bits per heavy atom. The molecule has 1 unspecified atom stereocenters. The summed E-state index contributed by atoms with van der Waals surface area (Å²) in [6.45, 7) is 5.81. The van der Waals surface area contributed by atoms with Gasteiger partial charge in [-0.2, -0.15) is 0 Å². The number of nitrogens with one attached hydrogen (secondary N) is 1. The van der Waals surface area contributed by atoms with Crippen molar-refractivity contribution in [1.82, 2.24) is 5.32 Å². The van der Waals surface area contributed by atoms with E-state index < -0.39 is 0 Å². The van der Waals surface area contributed by atoms with E-state index >= 15 is 0 Å². The summed E-state index contributed by atoms with van der Waals surface area (Å²) in [5.41, 5.74) is 0.400. The lowest BCUT2D eigenvalue weighted by Crippen LogP contribution is -2.47. The average molecular weight is 262 g/mol. The van der Waals surface area contributed by atoms with Crippen LogP contribution in [0.1, 0.15) is 20.3 Å². The molecular formula is C15H22N2O2. The molecule has 19 heavy (non-hydrogen) atoms. The van der Waals surface area contributed by atoms with Crippen molar-refractivity contribution in [1.29, 1.82) is 0 Å². The first-order chi connectivity index (χ1) is 8.97. The van der Waals surface area contributed by atoms with Gasteiger partial charge in [-0.05, 0) is 31.0 Å². The molecule has 1 heterocycles. The van der Waals surface area contributed by atoms with Crippen molar-refractivity contribution in [2.75, 3.05) is 25.0 Å². The van der Waals surface area contributed by atoms with E-state index in [9.17, 15) is 9.90 Å². The second kappa shape index (κ2) is 5.21. The molecule has 4 heteroatoms.